The maximum absolute atomic E-state index is 6.12. The average molecular weight is 247 g/mol. The lowest BCUT2D eigenvalue weighted by Crippen LogP contribution is -2.26. The molecule has 1 aromatic carbocycles. The Balaban J connectivity index is 1.82. The van der Waals surface area contributed by atoms with E-state index in [-0.39, 0.29) is 0 Å². The van der Waals surface area contributed by atoms with Gasteiger partial charge < -0.3 is 10.1 Å². The molecule has 1 atom stereocenters. The first kappa shape index (κ1) is 13.6. The van der Waals surface area contributed by atoms with Crippen LogP contribution in [0.15, 0.2) is 30.3 Å². The second-order valence-corrected chi connectivity index (χ2v) is 5.14. The van der Waals surface area contributed by atoms with Crippen molar-refractivity contribution in [3.8, 4) is 0 Å². The zero-order valence-corrected chi connectivity index (χ0v) is 11.4. The van der Waals surface area contributed by atoms with Gasteiger partial charge in [0.1, 0.15) is 0 Å². The standard InChI is InChI=1S/C16H25NO/c1-2-11-17-12-13-18-16(15-9-6-10-15)14-7-4-3-5-8-14/h3-5,7-8,15-17H,2,6,9-13H2,1H3/t16-/m0/s1. The zero-order chi connectivity index (χ0) is 12.6. The van der Waals surface area contributed by atoms with E-state index < -0.39 is 0 Å². The highest BCUT2D eigenvalue weighted by atomic mass is 16.5. The Morgan fingerprint density at radius 2 is 2.00 bits per heavy atom. The van der Waals surface area contributed by atoms with Crippen LogP contribution in [0.2, 0.25) is 0 Å². The van der Waals surface area contributed by atoms with E-state index in [1.807, 2.05) is 0 Å². The molecular weight excluding hydrogens is 222 g/mol. The van der Waals surface area contributed by atoms with Crippen molar-refractivity contribution in [2.75, 3.05) is 19.7 Å². The highest BCUT2D eigenvalue weighted by Gasteiger charge is 2.28. The van der Waals surface area contributed by atoms with E-state index in [0.29, 0.717) is 6.10 Å². The SMILES string of the molecule is CCCNCCO[C@@H](c1ccccc1)C1CCC1. The zero-order valence-electron chi connectivity index (χ0n) is 11.4. The van der Waals surface area contributed by atoms with Crippen molar-refractivity contribution in [1.29, 1.82) is 0 Å². The molecule has 1 aliphatic rings. The van der Waals surface area contributed by atoms with Crippen molar-refractivity contribution in [2.45, 2.75) is 38.7 Å². The van der Waals surface area contributed by atoms with E-state index in [1.165, 1.54) is 31.2 Å². The number of nitrogens with one attached hydrogen (secondary N) is 1. The van der Waals surface area contributed by atoms with Crippen LogP contribution in [0.1, 0.15) is 44.3 Å². The van der Waals surface area contributed by atoms with Crippen LogP contribution in [0.5, 0.6) is 0 Å². The first-order chi connectivity index (χ1) is 8.92. The Labute approximate surface area is 111 Å². The molecule has 0 unspecified atom stereocenters. The fourth-order valence-corrected chi connectivity index (χ4v) is 2.45. The number of hydrogen-bond donors (Lipinski definition) is 1. The predicted molar refractivity (Wildman–Crippen MR) is 75.6 cm³/mol. The summed E-state index contributed by atoms with van der Waals surface area (Å²) in [7, 11) is 0. The number of rotatable bonds is 8. The third kappa shape index (κ3) is 3.82. The van der Waals surface area contributed by atoms with Gasteiger partial charge in [0, 0.05) is 6.54 Å². The number of benzene rings is 1. The molecule has 0 bridgehead atoms. The molecule has 1 saturated carbocycles. The molecule has 0 saturated heterocycles. The summed E-state index contributed by atoms with van der Waals surface area (Å²) in [4.78, 5) is 0. The third-order valence-corrected chi connectivity index (χ3v) is 3.71. The second kappa shape index (κ2) is 7.55. The molecule has 2 nitrogen and oxygen atoms in total. The molecule has 0 radical (unpaired) electrons. The molecule has 0 aliphatic heterocycles. The minimum absolute atomic E-state index is 0.309. The summed E-state index contributed by atoms with van der Waals surface area (Å²) in [6.45, 7) is 5.05. The lowest BCUT2D eigenvalue weighted by atomic mass is 9.78. The molecule has 100 valence electrons. The monoisotopic (exact) mass is 247 g/mol. The summed E-state index contributed by atoms with van der Waals surface area (Å²) in [5.74, 6) is 0.735. The summed E-state index contributed by atoms with van der Waals surface area (Å²) in [5.41, 5.74) is 1.35. The molecule has 2 heteroatoms. The first-order valence-corrected chi connectivity index (χ1v) is 7.29. The fourth-order valence-electron chi connectivity index (χ4n) is 2.45. The van der Waals surface area contributed by atoms with Crippen molar-refractivity contribution in [1.82, 2.24) is 5.32 Å². The summed E-state index contributed by atoms with van der Waals surface area (Å²) in [5, 5.41) is 3.39. The van der Waals surface area contributed by atoms with Crippen LogP contribution in [-0.4, -0.2) is 19.7 Å². The Bertz CT molecular complexity index is 321. The van der Waals surface area contributed by atoms with E-state index in [0.717, 1.165) is 25.6 Å². The van der Waals surface area contributed by atoms with Crippen molar-refractivity contribution < 1.29 is 4.74 Å². The Hall–Kier alpha value is -0.860. The van der Waals surface area contributed by atoms with Gasteiger partial charge in [-0.05, 0) is 37.3 Å². The minimum Gasteiger partial charge on any atom is -0.372 e. The van der Waals surface area contributed by atoms with Crippen molar-refractivity contribution >= 4 is 0 Å². The van der Waals surface area contributed by atoms with Crippen molar-refractivity contribution in [3.05, 3.63) is 35.9 Å². The molecule has 0 heterocycles. The van der Waals surface area contributed by atoms with Gasteiger partial charge in [-0.1, -0.05) is 43.7 Å². The second-order valence-electron chi connectivity index (χ2n) is 5.14. The van der Waals surface area contributed by atoms with Crippen LogP contribution < -0.4 is 5.32 Å². The van der Waals surface area contributed by atoms with Crippen LogP contribution in [0, 0.1) is 5.92 Å². The Kier molecular flexibility index (Phi) is 5.69. The normalized spacial score (nSPS) is 17.4. The van der Waals surface area contributed by atoms with Gasteiger partial charge in [0.2, 0.25) is 0 Å². The molecule has 0 aromatic heterocycles. The lowest BCUT2D eigenvalue weighted by Gasteiger charge is -2.34. The molecule has 1 aliphatic carbocycles. The van der Waals surface area contributed by atoms with Gasteiger partial charge in [-0.25, -0.2) is 0 Å². The molecule has 2 rings (SSSR count). The molecular formula is C16H25NO. The van der Waals surface area contributed by atoms with Gasteiger partial charge in [0.15, 0.2) is 0 Å². The molecule has 0 spiro atoms. The fraction of sp³-hybridized carbons (Fsp3) is 0.625. The molecule has 1 fully saturated rings. The number of hydrogen-bond acceptors (Lipinski definition) is 2. The maximum atomic E-state index is 6.12. The van der Waals surface area contributed by atoms with Gasteiger partial charge in [0.05, 0.1) is 12.7 Å². The predicted octanol–water partition coefficient (Wildman–Crippen LogP) is 3.54. The largest absolute Gasteiger partial charge is 0.372 e. The smallest absolute Gasteiger partial charge is 0.0853 e. The van der Waals surface area contributed by atoms with E-state index >= 15 is 0 Å². The van der Waals surface area contributed by atoms with Crippen LogP contribution in [0.4, 0.5) is 0 Å². The minimum atomic E-state index is 0.309. The van der Waals surface area contributed by atoms with Crippen LogP contribution in [0.3, 0.4) is 0 Å². The maximum Gasteiger partial charge on any atom is 0.0853 e. The average Bonchev–Trinajstić information content (AvgIpc) is 2.36. The summed E-state index contributed by atoms with van der Waals surface area (Å²) >= 11 is 0. The highest BCUT2D eigenvalue weighted by Crippen LogP contribution is 2.39. The van der Waals surface area contributed by atoms with Crippen LogP contribution in [-0.2, 0) is 4.74 Å². The van der Waals surface area contributed by atoms with E-state index in [9.17, 15) is 0 Å². The van der Waals surface area contributed by atoms with Gasteiger partial charge in [-0.2, -0.15) is 0 Å². The van der Waals surface area contributed by atoms with Crippen molar-refractivity contribution in [3.63, 3.8) is 0 Å². The van der Waals surface area contributed by atoms with E-state index in [1.54, 1.807) is 0 Å². The van der Waals surface area contributed by atoms with Crippen LogP contribution in [0.25, 0.3) is 0 Å². The molecule has 0 amide bonds. The first-order valence-electron chi connectivity index (χ1n) is 7.29. The quantitative estimate of drug-likeness (QED) is 0.709. The van der Waals surface area contributed by atoms with E-state index in [2.05, 4.69) is 42.6 Å². The summed E-state index contributed by atoms with van der Waals surface area (Å²) < 4.78 is 6.12. The topological polar surface area (TPSA) is 21.3 Å². The molecule has 1 aromatic rings. The summed E-state index contributed by atoms with van der Waals surface area (Å²) in [6, 6.07) is 10.7. The van der Waals surface area contributed by atoms with Crippen molar-refractivity contribution in [2.24, 2.45) is 5.92 Å². The van der Waals surface area contributed by atoms with Crippen LogP contribution >= 0.6 is 0 Å². The van der Waals surface area contributed by atoms with Gasteiger partial charge in [-0.3, -0.25) is 0 Å². The molecule has 18 heavy (non-hydrogen) atoms. The highest BCUT2D eigenvalue weighted by molar-refractivity contribution is 5.18. The van der Waals surface area contributed by atoms with E-state index in [4.69, 9.17) is 4.74 Å². The lowest BCUT2D eigenvalue weighted by molar-refractivity contribution is -0.0140. The van der Waals surface area contributed by atoms with Gasteiger partial charge >= 0.3 is 0 Å². The van der Waals surface area contributed by atoms with Gasteiger partial charge in [-0.15, -0.1) is 0 Å². The molecule has 1 N–H and O–H groups in total. The Morgan fingerprint density at radius 1 is 1.22 bits per heavy atom. The Morgan fingerprint density at radius 3 is 2.61 bits per heavy atom. The third-order valence-electron chi connectivity index (χ3n) is 3.71. The summed E-state index contributed by atoms with van der Waals surface area (Å²) in [6.07, 6.45) is 5.50. The van der Waals surface area contributed by atoms with Gasteiger partial charge in [0.25, 0.3) is 0 Å². The number of ether oxygens (including phenoxy) is 1.